The first-order chi connectivity index (χ1) is 15.8. The average Bonchev–Trinajstić information content (AvgIpc) is 3.29. The molecule has 7 nitrogen and oxygen atoms in total. The minimum atomic E-state index is -1.44. The van der Waals surface area contributed by atoms with Gasteiger partial charge in [0.15, 0.2) is 5.78 Å². The van der Waals surface area contributed by atoms with Crippen LogP contribution in [0.15, 0.2) is 72.8 Å². The van der Waals surface area contributed by atoms with E-state index in [9.17, 15) is 24.1 Å². The van der Waals surface area contributed by atoms with Crippen molar-refractivity contribution in [3.05, 3.63) is 105 Å². The monoisotopic (exact) mass is 445 g/mol. The number of likely N-dealkylation sites (tertiary alicyclic amines) is 1. The van der Waals surface area contributed by atoms with Gasteiger partial charge in [-0.15, -0.1) is 0 Å². The summed E-state index contributed by atoms with van der Waals surface area (Å²) in [6, 6.07) is 18.8. The number of non-ortho nitro benzene ring substituents is 1. The van der Waals surface area contributed by atoms with Crippen LogP contribution in [0.3, 0.4) is 0 Å². The highest BCUT2D eigenvalue weighted by Crippen LogP contribution is 2.55. The number of fused-ring (bicyclic) bond motifs is 2. The van der Waals surface area contributed by atoms with Gasteiger partial charge in [-0.1, -0.05) is 42.5 Å². The highest BCUT2D eigenvalue weighted by atomic mass is 19.1. The van der Waals surface area contributed by atoms with Crippen LogP contribution >= 0.6 is 0 Å². The first-order valence-electron chi connectivity index (χ1n) is 10.5. The first-order valence-corrected chi connectivity index (χ1v) is 10.5. The van der Waals surface area contributed by atoms with E-state index in [0.29, 0.717) is 22.4 Å². The number of carbonyl (C=O) groups excluding carboxylic acids is 2. The maximum Gasteiger partial charge on any atom is 0.269 e. The second kappa shape index (κ2) is 7.60. The lowest BCUT2D eigenvalue weighted by molar-refractivity contribution is -0.384. The fraction of sp³-hybridized carbons (Fsp3) is 0.200. The molecule has 0 aliphatic carbocycles. The summed E-state index contributed by atoms with van der Waals surface area (Å²) >= 11 is 0. The number of carbonyl (C=O) groups is 2. The summed E-state index contributed by atoms with van der Waals surface area (Å²) in [6.07, 6.45) is 0. The Hall–Kier alpha value is -3.91. The Balaban J connectivity index is 1.74. The molecule has 1 fully saturated rings. The Bertz CT molecular complexity index is 1300. The molecule has 3 aromatic carbocycles. The number of anilines is 1. The Morgan fingerprint density at radius 1 is 1.12 bits per heavy atom. The first kappa shape index (κ1) is 21.0. The topological polar surface area (TPSA) is 92.5 Å². The molecule has 3 aromatic rings. The van der Waals surface area contributed by atoms with E-state index < -0.39 is 34.0 Å². The smallest absolute Gasteiger partial charge is 0.269 e. The molecule has 166 valence electrons. The number of ketones is 1. The quantitative estimate of drug-likeness (QED) is 0.371. The number of nitro groups is 1. The van der Waals surface area contributed by atoms with E-state index in [-0.39, 0.29) is 18.0 Å². The molecule has 0 unspecified atom stereocenters. The fourth-order valence-electron chi connectivity index (χ4n) is 5.36. The normalized spacial score (nSPS) is 24.0. The molecule has 1 amide bonds. The summed E-state index contributed by atoms with van der Waals surface area (Å²) in [5.41, 5.74) is 0.324. The van der Waals surface area contributed by atoms with Crippen LogP contribution in [0.2, 0.25) is 0 Å². The predicted molar refractivity (Wildman–Crippen MR) is 119 cm³/mol. The molecule has 0 bridgehead atoms. The van der Waals surface area contributed by atoms with Crippen molar-refractivity contribution in [3.63, 3.8) is 0 Å². The lowest BCUT2D eigenvalue weighted by Crippen LogP contribution is -2.51. The van der Waals surface area contributed by atoms with Gasteiger partial charge < -0.3 is 5.32 Å². The van der Waals surface area contributed by atoms with Gasteiger partial charge in [-0.2, -0.15) is 0 Å². The van der Waals surface area contributed by atoms with Crippen molar-refractivity contribution in [1.82, 2.24) is 4.90 Å². The lowest BCUT2D eigenvalue weighted by Gasteiger charge is -2.35. The Kier molecular flexibility index (Phi) is 4.83. The van der Waals surface area contributed by atoms with Crippen molar-refractivity contribution in [3.8, 4) is 0 Å². The molecule has 2 aliphatic rings. The summed E-state index contributed by atoms with van der Waals surface area (Å²) < 4.78 is 14.3. The highest BCUT2D eigenvalue weighted by molar-refractivity contribution is 6.12. The van der Waals surface area contributed by atoms with Crippen LogP contribution in [0.5, 0.6) is 0 Å². The molecule has 1 N–H and O–H groups in total. The number of amides is 1. The van der Waals surface area contributed by atoms with Crippen LogP contribution in [0, 0.1) is 21.8 Å². The van der Waals surface area contributed by atoms with Crippen LogP contribution < -0.4 is 5.32 Å². The van der Waals surface area contributed by atoms with Crippen LogP contribution in [-0.2, 0) is 10.3 Å². The van der Waals surface area contributed by atoms with Crippen LogP contribution in [-0.4, -0.2) is 35.1 Å². The van der Waals surface area contributed by atoms with E-state index in [1.54, 1.807) is 54.4 Å². The van der Waals surface area contributed by atoms with Crippen molar-refractivity contribution in [2.75, 3.05) is 18.9 Å². The number of hydrogen-bond donors (Lipinski definition) is 1. The summed E-state index contributed by atoms with van der Waals surface area (Å²) in [4.78, 5) is 40.2. The number of nitrogens with zero attached hydrogens (tertiary/aromatic N) is 2. The molecule has 2 aliphatic heterocycles. The van der Waals surface area contributed by atoms with Crippen LogP contribution in [0.25, 0.3) is 0 Å². The van der Waals surface area contributed by atoms with E-state index in [1.165, 1.54) is 30.3 Å². The highest BCUT2D eigenvalue weighted by Gasteiger charge is 2.64. The lowest BCUT2D eigenvalue weighted by atomic mass is 9.70. The van der Waals surface area contributed by atoms with Crippen molar-refractivity contribution < 1.29 is 18.9 Å². The van der Waals surface area contributed by atoms with Gasteiger partial charge in [0.1, 0.15) is 11.4 Å². The van der Waals surface area contributed by atoms with E-state index in [2.05, 4.69) is 5.32 Å². The molecule has 5 rings (SSSR count). The molecule has 8 heteroatoms. The second-order valence-electron chi connectivity index (χ2n) is 8.46. The number of halogens is 1. The number of hydrogen-bond acceptors (Lipinski definition) is 5. The largest absolute Gasteiger partial charge is 0.324 e. The fourth-order valence-corrected chi connectivity index (χ4v) is 5.36. The number of likely N-dealkylation sites (N-methyl/N-ethyl adjacent to an activating group) is 1. The molecule has 2 heterocycles. The Morgan fingerprint density at radius 3 is 2.61 bits per heavy atom. The minimum Gasteiger partial charge on any atom is -0.324 e. The molecule has 33 heavy (non-hydrogen) atoms. The van der Waals surface area contributed by atoms with E-state index in [0.717, 1.165) is 0 Å². The van der Waals surface area contributed by atoms with E-state index in [1.807, 2.05) is 0 Å². The number of nitro benzene ring substituents is 1. The van der Waals surface area contributed by atoms with E-state index in [4.69, 9.17) is 0 Å². The van der Waals surface area contributed by atoms with Gasteiger partial charge in [0.05, 0.1) is 10.8 Å². The van der Waals surface area contributed by atoms with Crippen molar-refractivity contribution in [2.45, 2.75) is 11.5 Å². The molecular weight excluding hydrogens is 425 g/mol. The third kappa shape index (κ3) is 3.06. The maximum absolute atomic E-state index is 14.3. The van der Waals surface area contributed by atoms with Gasteiger partial charge in [-0.25, -0.2) is 4.39 Å². The Morgan fingerprint density at radius 2 is 1.88 bits per heavy atom. The van der Waals surface area contributed by atoms with Crippen LogP contribution in [0.1, 0.15) is 27.4 Å². The average molecular weight is 445 g/mol. The zero-order chi connectivity index (χ0) is 23.3. The molecule has 0 radical (unpaired) electrons. The summed E-state index contributed by atoms with van der Waals surface area (Å²) in [6.45, 7) is 0.285. The van der Waals surface area contributed by atoms with Gasteiger partial charge in [0.25, 0.3) is 5.69 Å². The third-order valence-electron chi connectivity index (χ3n) is 6.76. The minimum absolute atomic E-state index is 0.0932. The number of nitrogens with one attached hydrogen (secondary N) is 1. The molecule has 1 spiro atoms. The third-order valence-corrected chi connectivity index (χ3v) is 6.76. The summed E-state index contributed by atoms with van der Waals surface area (Å²) in [5.74, 6) is -2.64. The molecular formula is C25H20FN3O4. The molecule has 3 atom stereocenters. The van der Waals surface area contributed by atoms with Gasteiger partial charge in [0, 0.05) is 41.4 Å². The van der Waals surface area contributed by atoms with Crippen molar-refractivity contribution in [1.29, 1.82) is 0 Å². The molecule has 0 aromatic heterocycles. The summed E-state index contributed by atoms with van der Waals surface area (Å²) in [7, 11) is 1.72. The van der Waals surface area contributed by atoms with Crippen molar-refractivity contribution in [2.24, 2.45) is 5.92 Å². The number of Topliss-reactive ketones (excluding diaryl/α,β-unsaturated/α-hetero) is 1. The predicted octanol–water partition coefficient (Wildman–Crippen LogP) is 4.11. The molecule has 0 saturated carbocycles. The van der Waals surface area contributed by atoms with Crippen molar-refractivity contribution >= 4 is 23.1 Å². The van der Waals surface area contributed by atoms with E-state index >= 15 is 0 Å². The Labute approximate surface area is 189 Å². The second-order valence-corrected chi connectivity index (χ2v) is 8.46. The zero-order valence-corrected chi connectivity index (χ0v) is 17.7. The zero-order valence-electron chi connectivity index (χ0n) is 17.7. The van der Waals surface area contributed by atoms with Gasteiger partial charge >= 0.3 is 0 Å². The standard InChI is InChI=1S/C25H20FN3O4/c1-28-14-19(16-8-5-9-18(12-16)29(32)33)22(23(30)15-6-3-2-4-7-15)25(28)20-13-17(26)10-11-21(20)27-24(25)31/h2-13,19,22H,14H2,1H3,(H,27,31)/t19-,22-,25-/m1/s1. The molecule has 1 saturated heterocycles. The SMILES string of the molecule is CN1C[C@H](c2cccc([N+](=O)[O-])c2)[C@H](C(=O)c2ccccc2)[C@]12C(=O)Nc1ccc(F)cc12. The number of benzene rings is 3. The summed E-state index contributed by atoms with van der Waals surface area (Å²) in [5, 5.41) is 14.2. The van der Waals surface area contributed by atoms with Gasteiger partial charge in [-0.3, -0.25) is 24.6 Å². The maximum atomic E-state index is 14.3. The van der Waals surface area contributed by atoms with Crippen LogP contribution in [0.4, 0.5) is 15.8 Å². The van der Waals surface area contributed by atoms with Gasteiger partial charge in [-0.05, 0) is 30.8 Å². The number of rotatable bonds is 4. The van der Waals surface area contributed by atoms with Gasteiger partial charge in [0.2, 0.25) is 5.91 Å².